The van der Waals surface area contributed by atoms with Crippen LogP contribution in [0.2, 0.25) is 0 Å². The van der Waals surface area contributed by atoms with Crippen molar-refractivity contribution < 1.29 is 63.9 Å². The molecule has 2 heterocycles. The van der Waals surface area contributed by atoms with Gasteiger partial charge in [0.15, 0.2) is 6.29 Å². The highest BCUT2D eigenvalue weighted by atomic mass is 32.2. The molecule has 0 aromatic carbocycles. The van der Waals surface area contributed by atoms with Crippen LogP contribution in [0.4, 0.5) is 9.59 Å². The third-order valence-electron chi connectivity index (χ3n) is 6.10. The van der Waals surface area contributed by atoms with Gasteiger partial charge in [-0.3, -0.25) is 0 Å². The molecule has 2 amide bonds. The lowest BCUT2D eigenvalue weighted by Gasteiger charge is -2.43. The molecule has 0 aromatic rings. The van der Waals surface area contributed by atoms with Gasteiger partial charge in [-0.25, -0.2) is 9.59 Å². The number of hydrogen-bond donors (Lipinski definition) is 8. The quantitative estimate of drug-likeness (QED) is 0.112. The van der Waals surface area contributed by atoms with E-state index in [9.17, 15) is 40.2 Å². The van der Waals surface area contributed by atoms with Gasteiger partial charge in [0.25, 0.3) is 0 Å². The Hall–Kier alpha value is -1.12. The van der Waals surface area contributed by atoms with Crippen LogP contribution in [0.3, 0.4) is 0 Å². The van der Waals surface area contributed by atoms with Crippen LogP contribution in [0.1, 0.15) is 41.5 Å². The molecular formula is C26H48N2O13S2. The summed E-state index contributed by atoms with van der Waals surface area (Å²) in [6, 6.07) is 0. The van der Waals surface area contributed by atoms with Gasteiger partial charge >= 0.3 is 12.2 Å². The third kappa shape index (κ3) is 12.0. The van der Waals surface area contributed by atoms with Crippen LogP contribution < -0.4 is 10.6 Å². The lowest BCUT2D eigenvalue weighted by atomic mass is 9.99. The highest BCUT2D eigenvalue weighted by Crippen LogP contribution is 2.37. The number of hydrogen-bond acceptors (Lipinski definition) is 15. The summed E-state index contributed by atoms with van der Waals surface area (Å²) in [7, 11) is 0. The lowest BCUT2D eigenvalue weighted by molar-refractivity contribution is -0.379. The molecule has 8 N–H and O–H groups in total. The molecule has 2 aliphatic rings. The van der Waals surface area contributed by atoms with Crippen molar-refractivity contribution in [2.75, 3.05) is 42.7 Å². The van der Waals surface area contributed by atoms with Gasteiger partial charge in [0.05, 0.1) is 12.2 Å². The highest BCUT2D eigenvalue weighted by molar-refractivity contribution is 7.99. The number of carbonyl (C=O) groups excluding carboxylic acids is 2. The number of alkyl carbamates (subject to hydrolysis) is 2. The Kier molecular flexibility index (Phi) is 14.6. The van der Waals surface area contributed by atoms with Gasteiger partial charge in [-0.2, -0.15) is 23.5 Å². The van der Waals surface area contributed by atoms with Gasteiger partial charge in [-0.1, -0.05) is 0 Å². The zero-order chi connectivity index (χ0) is 32.6. The van der Waals surface area contributed by atoms with Crippen LogP contribution >= 0.6 is 23.5 Å². The van der Waals surface area contributed by atoms with E-state index in [1.54, 1.807) is 41.5 Å². The van der Waals surface area contributed by atoms with E-state index < -0.39 is 84.8 Å². The van der Waals surface area contributed by atoms with Crippen molar-refractivity contribution in [3.05, 3.63) is 0 Å². The van der Waals surface area contributed by atoms with Crippen LogP contribution in [0, 0.1) is 0 Å². The molecule has 2 fully saturated rings. The Labute approximate surface area is 260 Å². The van der Waals surface area contributed by atoms with Crippen LogP contribution in [-0.4, -0.2) is 152 Å². The largest absolute Gasteiger partial charge is 0.444 e. The van der Waals surface area contributed by atoms with Gasteiger partial charge < -0.3 is 65.0 Å². The smallest absolute Gasteiger partial charge is 0.407 e. The SMILES string of the molecule is CC(C)(C)OC(=O)NCCSCC1O[C@H](O[C@]2(CO)O[C@H](CSCCNC(=O)OC(C)(C)C)[C@@H](O)[C@@H]2O)C(O)[C@@H](O)[C@@H]1O. The second-order valence-corrected chi connectivity index (χ2v) is 14.5. The zero-order valence-electron chi connectivity index (χ0n) is 25.4. The molecule has 2 unspecified atom stereocenters. The number of aliphatic hydroxyl groups is 6. The molecule has 252 valence electrons. The molecule has 0 spiro atoms. The van der Waals surface area contributed by atoms with Crippen molar-refractivity contribution in [1.82, 2.24) is 10.6 Å². The first kappa shape index (κ1) is 38.1. The minimum Gasteiger partial charge on any atom is -0.444 e. The van der Waals surface area contributed by atoms with Gasteiger partial charge in [0.2, 0.25) is 5.79 Å². The molecule has 0 aliphatic carbocycles. The molecule has 17 heteroatoms. The summed E-state index contributed by atoms with van der Waals surface area (Å²) in [6.45, 7) is 10.1. The molecule has 43 heavy (non-hydrogen) atoms. The summed E-state index contributed by atoms with van der Waals surface area (Å²) in [5.74, 6) is -1.06. The Morgan fingerprint density at radius 3 is 1.72 bits per heavy atom. The molecular weight excluding hydrogens is 612 g/mol. The Balaban J connectivity index is 1.88. The number of nitrogens with one attached hydrogen (secondary N) is 2. The van der Waals surface area contributed by atoms with E-state index in [0.717, 1.165) is 0 Å². The lowest BCUT2D eigenvalue weighted by Crippen LogP contribution is -2.62. The Morgan fingerprint density at radius 1 is 0.767 bits per heavy atom. The minimum absolute atomic E-state index is 0.134. The van der Waals surface area contributed by atoms with E-state index in [2.05, 4.69) is 10.6 Å². The van der Waals surface area contributed by atoms with Crippen molar-refractivity contribution in [2.24, 2.45) is 0 Å². The van der Waals surface area contributed by atoms with Gasteiger partial charge in [0, 0.05) is 36.1 Å². The van der Waals surface area contributed by atoms with Gasteiger partial charge in [0.1, 0.15) is 48.3 Å². The molecule has 0 radical (unpaired) electrons. The summed E-state index contributed by atoms with van der Waals surface area (Å²) in [5.41, 5.74) is -1.27. The van der Waals surface area contributed by atoms with Crippen molar-refractivity contribution >= 4 is 35.7 Å². The first-order chi connectivity index (χ1) is 19.9. The number of rotatable bonds is 13. The molecule has 2 rings (SSSR count). The summed E-state index contributed by atoms with van der Waals surface area (Å²) in [4.78, 5) is 23.5. The van der Waals surface area contributed by atoms with Crippen LogP contribution in [-0.2, 0) is 23.7 Å². The maximum atomic E-state index is 11.8. The maximum absolute atomic E-state index is 11.8. The topological polar surface area (TPSA) is 226 Å². The fourth-order valence-corrected chi connectivity index (χ4v) is 5.92. The normalized spacial score (nSPS) is 33.2. The predicted octanol–water partition coefficient (Wildman–Crippen LogP) is -0.864. The third-order valence-corrected chi connectivity index (χ3v) is 8.22. The number of aliphatic hydroxyl groups excluding tert-OH is 6. The summed E-state index contributed by atoms with van der Waals surface area (Å²) in [5, 5.41) is 68.1. The molecule has 0 aromatic heterocycles. The first-order valence-electron chi connectivity index (χ1n) is 14.0. The maximum Gasteiger partial charge on any atom is 0.407 e. The van der Waals surface area contributed by atoms with E-state index in [1.165, 1.54) is 23.5 Å². The number of ether oxygens (including phenoxy) is 5. The second-order valence-electron chi connectivity index (χ2n) is 12.2. The van der Waals surface area contributed by atoms with Crippen LogP contribution in [0.15, 0.2) is 0 Å². The predicted molar refractivity (Wildman–Crippen MR) is 158 cm³/mol. The number of thioether (sulfide) groups is 2. The van der Waals surface area contributed by atoms with Crippen molar-refractivity contribution in [3.8, 4) is 0 Å². The average Bonchev–Trinajstić information content (AvgIpc) is 3.12. The van der Waals surface area contributed by atoms with Crippen molar-refractivity contribution in [3.63, 3.8) is 0 Å². The second kappa shape index (κ2) is 16.4. The van der Waals surface area contributed by atoms with E-state index in [0.29, 0.717) is 11.5 Å². The summed E-state index contributed by atoms with van der Waals surface area (Å²) < 4.78 is 27.4. The summed E-state index contributed by atoms with van der Waals surface area (Å²) in [6.07, 6.45) is -13.0. The molecule has 9 atom stereocenters. The number of carbonyl (C=O) groups is 2. The molecule has 2 saturated heterocycles. The van der Waals surface area contributed by atoms with E-state index >= 15 is 0 Å². The standard InChI is InChI=1S/C26H48N2O13S2/c1-24(2,3)40-22(35)27-7-9-42-11-14-16(30)18(32)19(33)21(37-14)39-26(13-29)20(34)17(31)15(38-26)12-43-10-8-28-23(36)41-25(4,5)6/h14-21,29-34H,7-13H2,1-6H3,(H,27,35)(H,28,36)/t14?,15-,16-,17-,18+,19?,20+,21-,26+/m1/s1. The van der Waals surface area contributed by atoms with E-state index in [1.807, 2.05) is 0 Å². The summed E-state index contributed by atoms with van der Waals surface area (Å²) >= 11 is 2.58. The Bertz CT molecular complexity index is 890. The first-order valence-corrected chi connectivity index (χ1v) is 16.3. The highest BCUT2D eigenvalue weighted by Gasteiger charge is 2.58. The zero-order valence-corrected chi connectivity index (χ0v) is 27.1. The Morgan fingerprint density at radius 2 is 1.26 bits per heavy atom. The van der Waals surface area contributed by atoms with Gasteiger partial charge in [-0.05, 0) is 41.5 Å². The minimum atomic E-state index is -2.19. The van der Waals surface area contributed by atoms with Crippen molar-refractivity contribution in [2.45, 2.75) is 108 Å². The average molecular weight is 661 g/mol. The molecule has 0 bridgehead atoms. The van der Waals surface area contributed by atoms with Gasteiger partial charge in [-0.15, -0.1) is 0 Å². The fraction of sp³-hybridized carbons (Fsp3) is 0.923. The fourth-order valence-electron chi connectivity index (χ4n) is 4.08. The van der Waals surface area contributed by atoms with Crippen LogP contribution in [0.5, 0.6) is 0 Å². The van der Waals surface area contributed by atoms with E-state index in [-0.39, 0.29) is 24.6 Å². The van der Waals surface area contributed by atoms with E-state index in [4.69, 9.17) is 23.7 Å². The van der Waals surface area contributed by atoms with Crippen LogP contribution in [0.25, 0.3) is 0 Å². The number of amides is 2. The van der Waals surface area contributed by atoms with Crippen molar-refractivity contribution in [1.29, 1.82) is 0 Å². The molecule has 15 nitrogen and oxygen atoms in total. The molecule has 2 aliphatic heterocycles. The molecule has 0 saturated carbocycles. The monoisotopic (exact) mass is 660 g/mol.